The first-order valence-electron chi connectivity index (χ1n) is 10.7. The average Bonchev–Trinajstić information content (AvgIpc) is 2.96. The van der Waals surface area contributed by atoms with Crippen LogP contribution in [-0.2, 0) is 11.2 Å². The molecule has 1 saturated heterocycles. The van der Waals surface area contributed by atoms with E-state index in [1.807, 2.05) is 23.1 Å². The molecular formula is C23H34N4OS. The van der Waals surface area contributed by atoms with E-state index in [9.17, 15) is 4.79 Å². The molecule has 6 heteroatoms. The summed E-state index contributed by atoms with van der Waals surface area (Å²) in [4.78, 5) is 21.9. The number of rotatable bonds is 6. The Bertz CT molecular complexity index is 784. The highest BCUT2D eigenvalue weighted by atomic mass is 32.1. The van der Waals surface area contributed by atoms with Crippen LogP contribution >= 0.6 is 11.5 Å². The molecule has 1 unspecified atom stereocenters. The van der Waals surface area contributed by atoms with Gasteiger partial charge in [-0.25, -0.2) is 4.98 Å². The van der Waals surface area contributed by atoms with Crippen LogP contribution in [-0.4, -0.2) is 46.3 Å². The number of anilines is 1. The van der Waals surface area contributed by atoms with Crippen LogP contribution in [0.3, 0.4) is 0 Å². The largest absolute Gasteiger partial charge is 0.345 e. The standard InChI is InChI=1S/C23H34N4OS/c1-18(17-23(2,3)4)15-21(28)26-11-8-12-27(14-13-26)22-24-20(25-29-22)16-19-9-6-5-7-10-19/h5-7,9-10,18H,8,11-17H2,1-4H3. The minimum absolute atomic E-state index is 0.268. The maximum absolute atomic E-state index is 12.8. The fourth-order valence-electron chi connectivity index (χ4n) is 4.13. The third kappa shape index (κ3) is 6.81. The summed E-state index contributed by atoms with van der Waals surface area (Å²) in [6, 6.07) is 10.3. The molecule has 1 aromatic heterocycles. The normalized spacial score (nSPS) is 16.6. The Hall–Kier alpha value is -1.95. The number of benzene rings is 1. The first-order chi connectivity index (χ1) is 13.8. The zero-order valence-electron chi connectivity index (χ0n) is 18.2. The molecule has 0 saturated carbocycles. The van der Waals surface area contributed by atoms with Gasteiger partial charge in [0.25, 0.3) is 0 Å². The topological polar surface area (TPSA) is 49.3 Å². The van der Waals surface area contributed by atoms with Gasteiger partial charge in [0.05, 0.1) is 0 Å². The first-order valence-corrected chi connectivity index (χ1v) is 11.5. The molecule has 0 spiro atoms. The summed E-state index contributed by atoms with van der Waals surface area (Å²) in [5.41, 5.74) is 1.50. The first kappa shape index (κ1) is 21.8. The highest BCUT2D eigenvalue weighted by molar-refractivity contribution is 7.09. The number of nitrogens with zero attached hydrogens (tertiary/aromatic N) is 4. The van der Waals surface area contributed by atoms with Crippen molar-refractivity contribution in [1.82, 2.24) is 14.3 Å². The van der Waals surface area contributed by atoms with Gasteiger partial charge >= 0.3 is 0 Å². The molecule has 2 aromatic rings. The van der Waals surface area contributed by atoms with Crippen molar-refractivity contribution in [2.24, 2.45) is 11.3 Å². The summed E-state index contributed by atoms with van der Waals surface area (Å²) in [6.45, 7) is 12.3. The minimum atomic E-state index is 0.268. The quantitative estimate of drug-likeness (QED) is 0.691. The number of hydrogen-bond acceptors (Lipinski definition) is 5. The molecule has 5 nitrogen and oxygen atoms in total. The Balaban J connectivity index is 1.53. The molecule has 2 heterocycles. The predicted molar refractivity (Wildman–Crippen MR) is 120 cm³/mol. The van der Waals surface area contributed by atoms with Gasteiger partial charge in [0.15, 0.2) is 0 Å². The fourth-order valence-corrected chi connectivity index (χ4v) is 4.86. The van der Waals surface area contributed by atoms with Gasteiger partial charge in [-0.05, 0) is 29.7 Å². The Morgan fingerprint density at radius 2 is 1.90 bits per heavy atom. The van der Waals surface area contributed by atoms with E-state index in [0.717, 1.165) is 56.4 Å². The number of aromatic nitrogens is 2. The summed E-state index contributed by atoms with van der Waals surface area (Å²) in [5.74, 6) is 1.60. The van der Waals surface area contributed by atoms with E-state index < -0.39 is 0 Å². The number of carbonyl (C=O) groups is 1. The molecule has 0 bridgehead atoms. The molecule has 0 radical (unpaired) electrons. The third-order valence-corrected chi connectivity index (χ3v) is 6.08. The second-order valence-corrected chi connectivity index (χ2v) is 10.2. The van der Waals surface area contributed by atoms with Crippen LogP contribution in [0, 0.1) is 11.3 Å². The van der Waals surface area contributed by atoms with E-state index in [1.54, 1.807) is 0 Å². The lowest BCUT2D eigenvalue weighted by Crippen LogP contribution is -2.36. The van der Waals surface area contributed by atoms with Crippen molar-refractivity contribution in [3.63, 3.8) is 0 Å². The monoisotopic (exact) mass is 414 g/mol. The predicted octanol–water partition coefficient (Wildman–Crippen LogP) is 4.63. The van der Waals surface area contributed by atoms with Crippen LogP contribution in [0.15, 0.2) is 30.3 Å². The summed E-state index contributed by atoms with van der Waals surface area (Å²) >= 11 is 1.47. The maximum atomic E-state index is 12.8. The van der Waals surface area contributed by atoms with Crippen LogP contribution in [0.25, 0.3) is 0 Å². The van der Waals surface area contributed by atoms with E-state index in [2.05, 4.69) is 49.1 Å². The van der Waals surface area contributed by atoms with Crippen LogP contribution in [0.5, 0.6) is 0 Å². The van der Waals surface area contributed by atoms with Gasteiger partial charge < -0.3 is 9.80 Å². The lowest BCUT2D eigenvalue weighted by molar-refractivity contribution is -0.132. The van der Waals surface area contributed by atoms with Crippen molar-refractivity contribution < 1.29 is 4.79 Å². The van der Waals surface area contributed by atoms with Gasteiger partial charge in [-0.2, -0.15) is 4.37 Å². The summed E-state index contributed by atoms with van der Waals surface area (Å²) in [6.07, 6.45) is 3.47. The number of carbonyl (C=O) groups excluding carboxylic acids is 1. The van der Waals surface area contributed by atoms with E-state index in [-0.39, 0.29) is 5.41 Å². The van der Waals surface area contributed by atoms with Crippen molar-refractivity contribution in [3.05, 3.63) is 41.7 Å². The molecular weight excluding hydrogens is 380 g/mol. The average molecular weight is 415 g/mol. The zero-order valence-corrected chi connectivity index (χ0v) is 19.0. The summed E-state index contributed by atoms with van der Waals surface area (Å²) < 4.78 is 4.55. The highest BCUT2D eigenvalue weighted by Crippen LogP contribution is 2.27. The smallest absolute Gasteiger partial charge is 0.222 e. The van der Waals surface area contributed by atoms with Gasteiger partial charge in [-0.1, -0.05) is 58.0 Å². The van der Waals surface area contributed by atoms with Gasteiger partial charge in [-0.3, -0.25) is 4.79 Å². The SMILES string of the molecule is CC(CC(=O)N1CCCN(c2nc(Cc3ccccc3)ns2)CC1)CC(C)(C)C. The van der Waals surface area contributed by atoms with Crippen LogP contribution in [0.4, 0.5) is 5.13 Å². The molecule has 29 heavy (non-hydrogen) atoms. The second-order valence-electron chi connectivity index (χ2n) is 9.45. The fraction of sp³-hybridized carbons (Fsp3) is 0.609. The molecule has 1 atom stereocenters. The molecule has 0 N–H and O–H groups in total. The molecule has 3 rings (SSSR count). The molecule has 158 valence electrons. The third-order valence-electron chi connectivity index (χ3n) is 5.27. The molecule has 1 aliphatic heterocycles. The van der Waals surface area contributed by atoms with Gasteiger partial charge in [0, 0.05) is 50.6 Å². The van der Waals surface area contributed by atoms with E-state index in [0.29, 0.717) is 18.2 Å². The van der Waals surface area contributed by atoms with E-state index in [1.165, 1.54) is 17.1 Å². The molecule has 1 aliphatic rings. The lowest BCUT2D eigenvalue weighted by atomic mass is 9.84. The maximum Gasteiger partial charge on any atom is 0.222 e. The van der Waals surface area contributed by atoms with Gasteiger partial charge in [0.2, 0.25) is 11.0 Å². The Morgan fingerprint density at radius 3 is 2.62 bits per heavy atom. The van der Waals surface area contributed by atoms with Crippen LogP contribution < -0.4 is 4.90 Å². The number of hydrogen-bond donors (Lipinski definition) is 0. The van der Waals surface area contributed by atoms with Crippen LogP contribution in [0.2, 0.25) is 0 Å². The number of amides is 1. The zero-order chi connectivity index (χ0) is 20.9. The lowest BCUT2D eigenvalue weighted by Gasteiger charge is -2.26. The summed E-state index contributed by atoms with van der Waals surface area (Å²) in [7, 11) is 0. The van der Waals surface area contributed by atoms with E-state index >= 15 is 0 Å². The van der Waals surface area contributed by atoms with Crippen molar-refractivity contribution >= 4 is 22.6 Å². The molecule has 1 fully saturated rings. The molecule has 0 aliphatic carbocycles. The second kappa shape index (κ2) is 9.70. The van der Waals surface area contributed by atoms with Crippen LogP contribution in [0.1, 0.15) is 58.3 Å². The van der Waals surface area contributed by atoms with Crippen molar-refractivity contribution in [1.29, 1.82) is 0 Å². The Labute approximate surface area is 179 Å². The highest BCUT2D eigenvalue weighted by Gasteiger charge is 2.24. The van der Waals surface area contributed by atoms with Crippen molar-refractivity contribution in [2.45, 2.75) is 53.4 Å². The van der Waals surface area contributed by atoms with E-state index in [4.69, 9.17) is 4.98 Å². The van der Waals surface area contributed by atoms with Crippen molar-refractivity contribution in [2.75, 3.05) is 31.1 Å². The Kier molecular flexibility index (Phi) is 7.28. The summed E-state index contributed by atoms with van der Waals surface area (Å²) in [5, 5.41) is 0.978. The minimum Gasteiger partial charge on any atom is -0.345 e. The molecule has 1 amide bonds. The Morgan fingerprint density at radius 1 is 1.14 bits per heavy atom. The van der Waals surface area contributed by atoms with Gasteiger partial charge in [-0.15, -0.1) is 0 Å². The van der Waals surface area contributed by atoms with Gasteiger partial charge in [0.1, 0.15) is 5.82 Å². The molecule has 1 aromatic carbocycles. The van der Waals surface area contributed by atoms with Crippen molar-refractivity contribution in [3.8, 4) is 0 Å².